The quantitative estimate of drug-likeness (QED) is 0.511. The minimum absolute atomic E-state index is 0.0414. The maximum atomic E-state index is 12.7. The molecular weight excluding hydrogens is 324 g/mol. The van der Waals surface area contributed by atoms with Gasteiger partial charge >= 0.3 is 6.09 Å². The van der Waals surface area contributed by atoms with Gasteiger partial charge in [0, 0.05) is 19.2 Å². The average molecular weight is 348 g/mol. The second-order valence-corrected chi connectivity index (χ2v) is 7.04. The third-order valence-corrected chi connectivity index (χ3v) is 3.68. The van der Waals surface area contributed by atoms with Gasteiger partial charge in [-0.25, -0.2) is 9.80 Å². The molecular formula is C18H24N2O5. The monoisotopic (exact) mass is 348 g/mol. The third kappa shape index (κ3) is 4.49. The Hall–Kier alpha value is -2.57. The Morgan fingerprint density at radius 3 is 2.52 bits per heavy atom. The maximum absolute atomic E-state index is 12.7. The number of aryl methyl sites for hydroxylation is 1. The predicted molar refractivity (Wildman–Crippen MR) is 90.8 cm³/mol. The van der Waals surface area contributed by atoms with E-state index in [1.165, 1.54) is 13.3 Å². The lowest BCUT2D eigenvalue weighted by molar-refractivity contribution is -0.115. The number of ketones is 2. The van der Waals surface area contributed by atoms with Crippen molar-refractivity contribution in [3.63, 3.8) is 0 Å². The van der Waals surface area contributed by atoms with Crippen LogP contribution in [0.15, 0.2) is 28.0 Å². The van der Waals surface area contributed by atoms with E-state index in [0.29, 0.717) is 30.5 Å². The fraction of sp³-hybridized carbons (Fsp3) is 0.500. The molecule has 1 heterocycles. The molecule has 7 nitrogen and oxygen atoms in total. The summed E-state index contributed by atoms with van der Waals surface area (Å²) in [6.07, 6.45) is 2.20. The number of furan rings is 1. The smallest absolute Gasteiger partial charge is 0.428 e. The number of ether oxygens (including phenoxy) is 1. The van der Waals surface area contributed by atoms with E-state index in [-0.39, 0.29) is 17.1 Å². The van der Waals surface area contributed by atoms with E-state index in [9.17, 15) is 14.4 Å². The van der Waals surface area contributed by atoms with Crippen LogP contribution in [0.3, 0.4) is 0 Å². The van der Waals surface area contributed by atoms with Crippen LogP contribution in [0.5, 0.6) is 0 Å². The zero-order valence-electron chi connectivity index (χ0n) is 15.3. The molecule has 0 fully saturated rings. The maximum Gasteiger partial charge on any atom is 0.428 e. The Morgan fingerprint density at radius 1 is 1.28 bits per heavy atom. The second kappa shape index (κ2) is 7.13. The molecule has 0 aromatic carbocycles. The molecule has 1 aliphatic carbocycles. The largest absolute Gasteiger partial charge is 0.461 e. The van der Waals surface area contributed by atoms with Gasteiger partial charge in [0.1, 0.15) is 5.60 Å². The van der Waals surface area contributed by atoms with E-state index in [0.717, 1.165) is 5.01 Å². The predicted octanol–water partition coefficient (Wildman–Crippen LogP) is 3.15. The van der Waals surface area contributed by atoms with Crippen molar-refractivity contribution in [1.82, 2.24) is 10.4 Å². The number of carbonyl (C=O) groups excluding carboxylic acids is 3. The number of hydrogen-bond donors (Lipinski definition) is 1. The molecule has 0 atom stereocenters. The van der Waals surface area contributed by atoms with Crippen molar-refractivity contribution in [2.24, 2.45) is 0 Å². The minimum Gasteiger partial charge on any atom is -0.461 e. The Kier molecular flexibility index (Phi) is 5.35. The first-order chi connectivity index (χ1) is 11.6. The summed E-state index contributed by atoms with van der Waals surface area (Å²) in [6, 6.07) is 1.67. The van der Waals surface area contributed by atoms with Crippen LogP contribution in [0, 0.1) is 6.92 Å². The number of Topliss-reactive ketones (excluding diaryl/α,β-unsaturated/α-hetero) is 2. The van der Waals surface area contributed by atoms with Crippen LogP contribution < -0.4 is 5.43 Å². The van der Waals surface area contributed by atoms with Gasteiger partial charge in [0.25, 0.3) is 0 Å². The van der Waals surface area contributed by atoms with E-state index in [1.54, 1.807) is 33.8 Å². The summed E-state index contributed by atoms with van der Waals surface area (Å²) in [5, 5.41) is 1.14. The molecule has 1 aliphatic rings. The van der Waals surface area contributed by atoms with Crippen LogP contribution in [0.1, 0.15) is 56.2 Å². The number of carbonyl (C=O) groups is 3. The molecule has 0 aliphatic heterocycles. The summed E-state index contributed by atoms with van der Waals surface area (Å²) in [5.74, 6) is -0.580. The van der Waals surface area contributed by atoms with Crippen LogP contribution in [-0.4, -0.2) is 35.3 Å². The fourth-order valence-electron chi connectivity index (χ4n) is 2.52. The summed E-state index contributed by atoms with van der Waals surface area (Å²) in [4.78, 5) is 37.2. The van der Waals surface area contributed by atoms with Crippen LogP contribution in [0.4, 0.5) is 4.79 Å². The molecule has 0 unspecified atom stereocenters. The molecule has 7 heteroatoms. The molecule has 1 amide bonds. The van der Waals surface area contributed by atoms with Gasteiger partial charge in [-0.05, 0) is 52.2 Å². The topological polar surface area (TPSA) is 88.8 Å². The number of nitrogens with zero attached hydrogens (tertiary/aromatic N) is 1. The van der Waals surface area contributed by atoms with Gasteiger partial charge in [-0.3, -0.25) is 15.0 Å². The van der Waals surface area contributed by atoms with Gasteiger partial charge in [-0.2, -0.15) is 0 Å². The average Bonchev–Trinajstić information content (AvgIpc) is 2.91. The summed E-state index contributed by atoms with van der Waals surface area (Å²) in [6.45, 7) is 7.02. The van der Waals surface area contributed by atoms with Crippen LogP contribution in [-0.2, 0) is 9.53 Å². The zero-order chi connectivity index (χ0) is 18.8. The molecule has 1 N–H and O–H groups in total. The standard InChI is InChI=1S/C18H24N2O5/c1-11-9-10-24-16(11)15(22)14-12(7-6-8-13(14)21)19-20(5)17(23)25-18(2,3)4/h9-10,19H,6-8H2,1-5H3. The molecule has 1 aromatic rings. The molecule has 136 valence electrons. The zero-order valence-corrected chi connectivity index (χ0v) is 15.3. The number of nitrogens with one attached hydrogen (secondary N) is 1. The van der Waals surface area contributed by atoms with Crippen molar-refractivity contribution < 1.29 is 23.5 Å². The molecule has 0 bridgehead atoms. The highest BCUT2D eigenvalue weighted by Gasteiger charge is 2.31. The summed E-state index contributed by atoms with van der Waals surface area (Å²) in [5.41, 5.74) is 3.31. The molecule has 0 spiro atoms. The Morgan fingerprint density at radius 2 is 1.96 bits per heavy atom. The van der Waals surface area contributed by atoms with E-state index in [4.69, 9.17) is 9.15 Å². The van der Waals surface area contributed by atoms with E-state index in [2.05, 4.69) is 5.43 Å². The number of amides is 1. The Balaban J connectivity index is 2.28. The van der Waals surface area contributed by atoms with Crippen molar-refractivity contribution in [3.8, 4) is 0 Å². The number of hydrogen-bond acceptors (Lipinski definition) is 6. The number of hydrazine groups is 1. The lowest BCUT2D eigenvalue weighted by Crippen LogP contribution is -2.44. The fourth-order valence-corrected chi connectivity index (χ4v) is 2.52. The summed E-state index contributed by atoms with van der Waals surface area (Å²) >= 11 is 0. The second-order valence-electron chi connectivity index (χ2n) is 7.04. The highest BCUT2D eigenvalue weighted by molar-refractivity contribution is 6.26. The van der Waals surface area contributed by atoms with E-state index in [1.807, 2.05) is 0 Å². The first kappa shape index (κ1) is 18.8. The van der Waals surface area contributed by atoms with Gasteiger partial charge in [-0.1, -0.05) is 0 Å². The van der Waals surface area contributed by atoms with Crippen LogP contribution in [0.2, 0.25) is 0 Å². The van der Waals surface area contributed by atoms with Gasteiger partial charge in [0.15, 0.2) is 11.5 Å². The highest BCUT2D eigenvalue weighted by atomic mass is 16.6. The lowest BCUT2D eigenvalue weighted by Gasteiger charge is -2.28. The van der Waals surface area contributed by atoms with Crippen molar-refractivity contribution in [1.29, 1.82) is 0 Å². The molecule has 25 heavy (non-hydrogen) atoms. The van der Waals surface area contributed by atoms with Gasteiger partial charge in [0.05, 0.1) is 11.8 Å². The molecule has 1 aromatic heterocycles. The van der Waals surface area contributed by atoms with Crippen molar-refractivity contribution in [2.75, 3.05) is 7.05 Å². The van der Waals surface area contributed by atoms with Crippen LogP contribution in [0.25, 0.3) is 0 Å². The number of rotatable bonds is 4. The number of allylic oxidation sites excluding steroid dienone is 2. The van der Waals surface area contributed by atoms with Crippen LogP contribution >= 0.6 is 0 Å². The normalized spacial score (nSPS) is 15.2. The summed E-state index contributed by atoms with van der Waals surface area (Å²) in [7, 11) is 1.49. The lowest BCUT2D eigenvalue weighted by atomic mass is 9.90. The van der Waals surface area contributed by atoms with Crippen molar-refractivity contribution >= 4 is 17.7 Å². The molecule has 0 saturated carbocycles. The van der Waals surface area contributed by atoms with E-state index < -0.39 is 17.5 Å². The third-order valence-electron chi connectivity index (χ3n) is 3.68. The first-order valence-corrected chi connectivity index (χ1v) is 8.18. The van der Waals surface area contributed by atoms with Gasteiger partial charge < -0.3 is 9.15 Å². The Labute approximate surface area is 147 Å². The Bertz CT molecular complexity index is 724. The molecule has 0 radical (unpaired) electrons. The summed E-state index contributed by atoms with van der Waals surface area (Å²) < 4.78 is 10.5. The highest BCUT2D eigenvalue weighted by Crippen LogP contribution is 2.25. The first-order valence-electron chi connectivity index (χ1n) is 8.18. The minimum atomic E-state index is -0.645. The SMILES string of the molecule is Cc1ccoc1C(=O)C1=C(NN(C)C(=O)OC(C)(C)C)CCCC1=O. The van der Waals surface area contributed by atoms with Crippen molar-refractivity contribution in [3.05, 3.63) is 34.9 Å². The molecule has 2 rings (SSSR count). The van der Waals surface area contributed by atoms with Crippen molar-refractivity contribution in [2.45, 2.75) is 52.6 Å². The molecule has 0 saturated heterocycles. The van der Waals surface area contributed by atoms with Gasteiger partial charge in [-0.15, -0.1) is 0 Å². The van der Waals surface area contributed by atoms with Gasteiger partial charge in [0.2, 0.25) is 5.78 Å². The van der Waals surface area contributed by atoms with E-state index >= 15 is 0 Å².